The molecule has 1 aliphatic heterocycles. The minimum Gasteiger partial charge on any atom is -0.399 e. The van der Waals surface area contributed by atoms with Crippen molar-refractivity contribution in [2.24, 2.45) is 4.99 Å². The van der Waals surface area contributed by atoms with Crippen LogP contribution in [0.2, 0.25) is 0 Å². The third kappa shape index (κ3) is 1.82. The summed E-state index contributed by atoms with van der Waals surface area (Å²) in [6.07, 6.45) is 5.87. The Hall–Kier alpha value is -2.67. The quantitative estimate of drug-likeness (QED) is 0.862. The van der Waals surface area contributed by atoms with Crippen molar-refractivity contribution >= 4 is 17.1 Å². The van der Waals surface area contributed by atoms with Gasteiger partial charge >= 0.3 is 0 Å². The smallest absolute Gasteiger partial charge is 0.101 e. The number of nitrogen functional groups attached to an aromatic ring is 1. The van der Waals surface area contributed by atoms with Gasteiger partial charge < -0.3 is 5.73 Å². The first kappa shape index (κ1) is 13.0. The fraction of sp³-hybridized carbons (Fsp3) is 0.278. The molecule has 4 nitrogen and oxygen atoms in total. The highest BCUT2D eigenvalue weighted by Gasteiger charge is 2.44. The molecule has 0 bridgehead atoms. The second-order valence-corrected chi connectivity index (χ2v) is 6.09. The Morgan fingerprint density at radius 3 is 2.59 bits per heavy atom. The zero-order valence-electron chi connectivity index (χ0n) is 12.2. The number of nitriles is 1. The van der Waals surface area contributed by atoms with Crippen LogP contribution in [0.3, 0.4) is 0 Å². The fourth-order valence-electron chi connectivity index (χ4n) is 3.47. The number of fused-ring (bicyclic) bond motifs is 1. The highest BCUT2D eigenvalue weighted by molar-refractivity contribution is 6.02. The lowest BCUT2D eigenvalue weighted by Gasteiger charge is -2.42. The first-order chi connectivity index (χ1) is 10.7. The summed E-state index contributed by atoms with van der Waals surface area (Å²) in [5.74, 6) is 0. The largest absolute Gasteiger partial charge is 0.399 e. The normalized spacial score (nSPS) is 18.0. The minimum atomic E-state index is 0.0290. The molecule has 0 spiro atoms. The van der Waals surface area contributed by atoms with Gasteiger partial charge in [0.1, 0.15) is 6.07 Å². The maximum absolute atomic E-state index is 9.01. The molecule has 22 heavy (non-hydrogen) atoms. The Labute approximate surface area is 129 Å². The lowest BCUT2D eigenvalue weighted by atomic mass is 9.61. The molecule has 4 rings (SSSR count). The van der Waals surface area contributed by atoms with Crippen molar-refractivity contribution in [2.45, 2.75) is 31.1 Å². The van der Waals surface area contributed by atoms with Gasteiger partial charge in [0, 0.05) is 29.4 Å². The summed E-state index contributed by atoms with van der Waals surface area (Å²) in [5, 5.41) is 9.01. The summed E-state index contributed by atoms with van der Waals surface area (Å²) in [4.78, 5) is 9.23. The van der Waals surface area contributed by atoms with Crippen LogP contribution in [0.5, 0.6) is 0 Å². The highest BCUT2D eigenvalue weighted by atomic mass is 14.9. The van der Waals surface area contributed by atoms with Gasteiger partial charge in [0.2, 0.25) is 0 Å². The number of hydrogen-bond donors (Lipinski definition) is 1. The molecular weight excluding hydrogens is 272 g/mol. The summed E-state index contributed by atoms with van der Waals surface area (Å²) >= 11 is 0. The number of anilines is 1. The van der Waals surface area contributed by atoms with Crippen molar-refractivity contribution in [1.82, 2.24) is 4.98 Å². The fourth-order valence-corrected chi connectivity index (χ4v) is 3.47. The van der Waals surface area contributed by atoms with E-state index in [4.69, 9.17) is 16.0 Å². The third-order valence-electron chi connectivity index (χ3n) is 4.89. The van der Waals surface area contributed by atoms with E-state index in [1.807, 2.05) is 18.2 Å². The Kier molecular flexibility index (Phi) is 2.77. The number of aliphatic imine (C=N–C) groups is 1. The topological polar surface area (TPSA) is 75.1 Å². The van der Waals surface area contributed by atoms with Gasteiger partial charge in [0.15, 0.2) is 0 Å². The Balaban J connectivity index is 1.75. The van der Waals surface area contributed by atoms with Gasteiger partial charge in [-0.25, -0.2) is 0 Å². The van der Waals surface area contributed by atoms with Gasteiger partial charge in [0.05, 0.1) is 16.9 Å². The molecule has 1 saturated carbocycles. The van der Waals surface area contributed by atoms with Gasteiger partial charge in [-0.05, 0) is 36.6 Å². The summed E-state index contributed by atoms with van der Waals surface area (Å²) in [5.41, 5.74) is 11.5. The zero-order chi connectivity index (χ0) is 15.2. The lowest BCUT2D eigenvalue weighted by molar-refractivity contribution is 0.338. The molecule has 1 aromatic heterocycles. The SMILES string of the molecule is N#Cc1cnc2c(c1)N=C(C1(c3ccc(N)cc3)CCC1)C2. The minimum absolute atomic E-state index is 0.0290. The summed E-state index contributed by atoms with van der Waals surface area (Å²) in [7, 11) is 0. The van der Waals surface area contributed by atoms with Crippen LogP contribution >= 0.6 is 0 Å². The number of pyridine rings is 1. The standard InChI is InChI=1S/C18H16N4/c19-10-12-8-16-15(21-11-12)9-17(22-16)18(6-1-7-18)13-2-4-14(20)5-3-13/h2-5,8,11H,1,6-7,9,20H2. The molecule has 4 heteroatoms. The highest BCUT2D eigenvalue weighted by Crippen LogP contribution is 2.48. The molecule has 2 aromatic rings. The molecule has 1 aliphatic carbocycles. The summed E-state index contributed by atoms with van der Waals surface area (Å²) < 4.78 is 0. The van der Waals surface area contributed by atoms with Crippen molar-refractivity contribution in [3.8, 4) is 6.07 Å². The molecule has 2 heterocycles. The number of rotatable bonds is 2. The summed E-state index contributed by atoms with van der Waals surface area (Å²) in [6, 6.07) is 12.1. The Morgan fingerprint density at radius 1 is 1.18 bits per heavy atom. The number of nitrogens with two attached hydrogens (primary N) is 1. The van der Waals surface area contributed by atoms with E-state index in [1.54, 1.807) is 6.20 Å². The number of hydrogen-bond acceptors (Lipinski definition) is 4. The van der Waals surface area contributed by atoms with Crippen LogP contribution in [-0.2, 0) is 11.8 Å². The number of nitrogens with zero attached hydrogens (tertiary/aromatic N) is 3. The van der Waals surface area contributed by atoms with Crippen molar-refractivity contribution in [3.05, 3.63) is 53.3 Å². The molecule has 2 N–H and O–H groups in total. The van der Waals surface area contributed by atoms with Crippen LogP contribution in [0.4, 0.5) is 11.4 Å². The second-order valence-electron chi connectivity index (χ2n) is 6.09. The van der Waals surface area contributed by atoms with Crippen molar-refractivity contribution < 1.29 is 0 Å². The third-order valence-corrected chi connectivity index (χ3v) is 4.89. The predicted molar refractivity (Wildman–Crippen MR) is 86.1 cm³/mol. The molecule has 2 aliphatic rings. The molecule has 0 amide bonds. The van der Waals surface area contributed by atoms with Gasteiger partial charge in [-0.2, -0.15) is 5.26 Å². The molecule has 0 saturated heterocycles. The molecule has 1 aromatic carbocycles. The molecule has 1 fully saturated rings. The van der Waals surface area contributed by atoms with Gasteiger partial charge in [0.25, 0.3) is 0 Å². The van der Waals surface area contributed by atoms with E-state index in [0.717, 1.165) is 36.3 Å². The van der Waals surface area contributed by atoms with Gasteiger partial charge in [-0.3, -0.25) is 9.98 Å². The van der Waals surface area contributed by atoms with E-state index in [1.165, 1.54) is 17.7 Å². The zero-order valence-corrected chi connectivity index (χ0v) is 12.2. The number of benzene rings is 1. The maximum atomic E-state index is 9.01. The van der Waals surface area contributed by atoms with E-state index in [9.17, 15) is 0 Å². The molecule has 108 valence electrons. The lowest BCUT2D eigenvalue weighted by Crippen LogP contribution is -2.42. The van der Waals surface area contributed by atoms with Crippen molar-refractivity contribution in [3.63, 3.8) is 0 Å². The first-order valence-electron chi connectivity index (χ1n) is 7.54. The van der Waals surface area contributed by atoms with Crippen LogP contribution in [0.25, 0.3) is 0 Å². The van der Waals surface area contributed by atoms with E-state index < -0.39 is 0 Å². The predicted octanol–water partition coefficient (Wildman–Crippen LogP) is 3.29. The van der Waals surface area contributed by atoms with E-state index in [2.05, 4.69) is 23.2 Å². The van der Waals surface area contributed by atoms with Crippen LogP contribution in [0.1, 0.15) is 36.1 Å². The van der Waals surface area contributed by atoms with Crippen LogP contribution < -0.4 is 5.73 Å². The van der Waals surface area contributed by atoms with E-state index in [-0.39, 0.29) is 5.41 Å². The number of aromatic nitrogens is 1. The first-order valence-corrected chi connectivity index (χ1v) is 7.54. The van der Waals surface area contributed by atoms with E-state index >= 15 is 0 Å². The molecular formula is C18H16N4. The van der Waals surface area contributed by atoms with Crippen LogP contribution in [0, 0.1) is 11.3 Å². The average molecular weight is 288 g/mol. The summed E-state index contributed by atoms with van der Waals surface area (Å²) in [6.45, 7) is 0. The Morgan fingerprint density at radius 2 is 1.95 bits per heavy atom. The molecule has 0 unspecified atom stereocenters. The molecule has 0 atom stereocenters. The van der Waals surface area contributed by atoms with E-state index in [0.29, 0.717) is 5.56 Å². The Bertz CT molecular complexity index is 808. The van der Waals surface area contributed by atoms with Gasteiger partial charge in [-0.15, -0.1) is 0 Å². The monoisotopic (exact) mass is 288 g/mol. The average Bonchev–Trinajstić information content (AvgIpc) is 2.90. The van der Waals surface area contributed by atoms with Gasteiger partial charge in [-0.1, -0.05) is 18.6 Å². The second kappa shape index (κ2) is 4.67. The van der Waals surface area contributed by atoms with Crippen molar-refractivity contribution in [1.29, 1.82) is 5.26 Å². The van der Waals surface area contributed by atoms with Crippen LogP contribution in [-0.4, -0.2) is 10.7 Å². The molecule has 0 radical (unpaired) electrons. The van der Waals surface area contributed by atoms with Crippen molar-refractivity contribution in [2.75, 3.05) is 5.73 Å². The van der Waals surface area contributed by atoms with Crippen LogP contribution in [0.15, 0.2) is 41.5 Å². The maximum Gasteiger partial charge on any atom is 0.101 e.